The molecule has 0 aromatic carbocycles. The van der Waals surface area contributed by atoms with E-state index in [1.165, 1.54) is 18.0 Å². The van der Waals surface area contributed by atoms with Gasteiger partial charge in [0.1, 0.15) is 6.54 Å². The van der Waals surface area contributed by atoms with Crippen molar-refractivity contribution in [2.75, 3.05) is 20.3 Å². The van der Waals surface area contributed by atoms with Crippen molar-refractivity contribution in [3.8, 4) is 0 Å². The Balaban J connectivity index is 1.78. The number of nitrogens with zero attached hydrogens (tertiary/aromatic N) is 3. The first-order valence-corrected chi connectivity index (χ1v) is 6.06. The maximum Gasteiger partial charge on any atom is 0.360 e. The van der Waals surface area contributed by atoms with E-state index in [0.717, 1.165) is 19.4 Å². The van der Waals surface area contributed by atoms with Crippen LogP contribution in [-0.4, -0.2) is 53.2 Å². The number of amides is 1. The van der Waals surface area contributed by atoms with Crippen LogP contribution in [0.2, 0.25) is 0 Å². The Morgan fingerprint density at radius 1 is 1.63 bits per heavy atom. The number of nitrogens with one attached hydrogen (secondary N) is 1. The van der Waals surface area contributed by atoms with E-state index in [-0.39, 0.29) is 24.2 Å². The fraction of sp³-hybridized carbons (Fsp3) is 0.636. The van der Waals surface area contributed by atoms with Crippen LogP contribution in [0, 0.1) is 0 Å². The Kier molecular flexibility index (Phi) is 4.45. The molecule has 1 aliphatic heterocycles. The van der Waals surface area contributed by atoms with E-state index >= 15 is 0 Å². The summed E-state index contributed by atoms with van der Waals surface area (Å²) in [7, 11) is 1.26. The topological polar surface area (TPSA) is 95.3 Å². The molecule has 1 aromatic heterocycles. The molecular formula is C11H16N4O4. The summed E-state index contributed by atoms with van der Waals surface area (Å²) < 4.78 is 11.2. The van der Waals surface area contributed by atoms with Crippen LogP contribution in [0.25, 0.3) is 0 Å². The van der Waals surface area contributed by atoms with Gasteiger partial charge in [0.25, 0.3) is 0 Å². The van der Waals surface area contributed by atoms with Crippen molar-refractivity contribution in [2.24, 2.45) is 0 Å². The lowest BCUT2D eigenvalue weighted by Crippen LogP contribution is -2.34. The highest BCUT2D eigenvalue weighted by molar-refractivity contribution is 5.86. The first kappa shape index (κ1) is 13.5. The van der Waals surface area contributed by atoms with Gasteiger partial charge in [-0.05, 0) is 12.8 Å². The molecule has 0 radical (unpaired) electrons. The van der Waals surface area contributed by atoms with Gasteiger partial charge < -0.3 is 14.8 Å². The monoisotopic (exact) mass is 268 g/mol. The summed E-state index contributed by atoms with van der Waals surface area (Å²) in [6.45, 7) is 1.26. The van der Waals surface area contributed by atoms with Crippen LogP contribution in [0.4, 0.5) is 0 Å². The van der Waals surface area contributed by atoms with Crippen LogP contribution >= 0.6 is 0 Å². The summed E-state index contributed by atoms with van der Waals surface area (Å²) in [5.41, 5.74) is 0.0782. The quantitative estimate of drug-likeness (QED) is 0.714. The van der Waals surface area contributed by atoms with Gasteiger partial charge in [0, 0.05) is 13.2 Å². The third-order valence-corrected chi connectivity index (χ3v) is 2.79. The van der Waals surface area contributed by atoms with Crippen LogP contribution < -0.4 is 5.32 Å². The molecule has 8 heteroatoms. The Bertz CT molecular complexity index is 453. The van der Waals surface area contributed by atoms with Crippen molar-refractivity contribution in [3.05, 3.63) is 11.9 Å². The molecule has 2 heterocycles. The molecule has 0 aliphatic carbocycles. The lowest BCUT2D eigenvalue weighted by Gasteiger charge is -2.10. The Hall–Kier alpha value is -1.96. The molecule has 2 rings (SSSR count). The van der Waals surface area contributed by atoms with Gasteiger partial charge >= 0.3 is 5.97 Å². The van der Waals surface area contributed by atoms with E-state index in [9.17, 15) is 9.59 Å². The number of rotatable bonds is 5. The van der Waals surface area contributed by atoms with E-state index in [1.807, 2.05) is 0 Å². The second-order valence-electron chi connectivity index (χ2n) is 4.23. The van der Waals surface area contributed by atoms with E-state index in [2.05, 4.69) is 20.4 Å². The maximum absolute atomic E-state index is 11.6. The SMILES string of the molecule is COC(=O)c1cn(CC(=O)NC[C@@H]2CCCO2)nn1. The van der Waals surface area contributed by atoms with Gasteiger partial charge in [-0.15, -0.1) is 5.10 Å². The zero-order valence-electron chi connectivity index (χ0n) is 10.7. The summed E-state index contributed by atoms with van der Waals surface area (Å²) in [6.07, 6.45) is 3.48. The molecule has 1 N–H and O–H groups in total. The molecule has 104 valence electrons. The third-order valence-electron chi connectivity index (χ3n) is 2.79. The van der Waals surface area contributed by atoms with Crippen molar-refractivity contribution < 1.29 is 19.1 Å². The second kappa shape index (κ2) is 6.28. The lowest BCUT2D eigenvalue weighted by atomic mass is 10.2. The van der Waals surface area contributed by atoms with Crippen LogP contribution in [0.3, 0.4) is 0 Å². The highest BCUT2D eigenvalue weighted by atomic mass is 16.5. The molecule has 1 fully saturated rings. The van der Waals surface area contributed by atoms with Crippen molar-refractivity contribution in [1.82, 2.24) is 20.3 Å². The van der Waals surface area contributed by atoms with Gasteiger partial charge in [-0.1, -0.05) is 5.21 Å². The molecular weight excluding hydrogens is 252 g/mol. The van der Waals surface area contributed by atoms with Crippen LogP contribution in [0.1, 0.15) is 23.3 Å². The fourth-order valence-electron chi connectivity index (χ4n) is 1.81. The first-order chi connectivity index (χ1) is 9.19. The Labute approximate surface area is 110 Å². The van der Waals surface area contributed by atoms with Gasteiger partial charge in [0.15, 0.2) is 5.69 Å². The average molecular weight is 268 g/mol. The molecule has 0 unspecified atom stereocenters. The molecule has 0 bridgehead atoms. The lowest BCUT2D eigenvalue weighted by molar-refractivity contribution is -0.122. The number of carbonyl (C=O) groups is 2. The number of esters is 1. The van der Waals surface area contributed by atoms with Crippen molar-refractivity contribution in [1.29, 1.82) is 0 Å². The number of aromatic nitrogens is 3. The average Bonchev–Trinajstić information content (AvgIpc) is 3.06. The van der Waals surface area contributed by atoms with E-state index in [1.54, 1.807) is 0 Å². The zero-order chi connectivity index (χ0) is 13.7. The summed E-state index contributed by atoms with van der Waals surface area (Å²) in [4.78, 5) is 22.8. The minimum absolute atomic E-state index is 0.0106. The molecule has 1 saturated heterocycles. The van der Waals surface area contributed by atoms with Gasteiger partial charge in [0.2, 0.25) is 5.91 Å². The van der Waals surface area contributed by atoms with Gasteiger partial charge in [-0.2, -0.15) is 0 Å². The predicted molar refractivity (Wildman–Crippen MR) is 63.3 cm³/mol. The third kappa shape index (κ3) is 3.75. The van der Waals surface area contributed by atoms with Gasteiger partial charge in [-0.3, -0.25) is 4.79 Å². The van der Waals surface area contributed by atoms with E-state index in [0.29, 0.717) is 6.54 Å². The number of methoxy groups -OCH3 is 1. The summed E-state index contributed by atoms with van der Waals surface area (Å²) in [6, 6.07) is 0. The smallest absolute Gasteiger partial charge is 0.360 e. The maximum atomic E-state index is 11.6. The Morgan fingerprint density at radius 3 is 3.16 bits per heavy atom. The molecule has 8 nitrogen and oxygen atoms in total. The molecule has 1 atom stereocenters. The van der Waals surface area contributed by atoms with Crippen molar-refractivity contribution in [2.45, 2.75) is 25.5 Å². The van der Waals surface area contributed by atoms with Crippen molar-refractivity contribution >= 4 is 11.9 Å². The number of hydrogen-bond acceptors (Lipinski definition) is 6. The summed E-state index contributed by atoms with van der Waals surface area (Å²) >= 11 is 0. The number of carbonyl (C=O) groups excluding carboxylic acids is 2. The molecule has 19 heavy (non-hydrogen) atoms. The standard InChI is InChI=1S/C11H16N4O4/c1-18-11(17)9-6-15(14-13-9)7-10(16)12-5-8-3-2-4-19-8/h6,8H,2-5,7H2,1H3,(H,12,16)/t8-/m0/s1. The molecule has 0 spiro atoms. The van der Waals surface area contributed by atoms with Crippen LogP contribution in [-0.2, 0) is 20.8 Å². The second-order valence-corrected chi connectivity index (χ2v) is 4.23. The summed E-state index contributed by atoms with van der Waals surface area (Å²) in [5, 5.41) is 10.0. The van der Waals surface area contributed by atoms with Crippen LogP contribution in [0.15, 0.2) is 6.20 Å². The molecule has 0 saturated carbocycles. The van der Waals surface area contributed by atoms with Crippen molar-refractivity contribution in [3.63, 3.8) is 0 Å². The highest BCUT2D eigenvalue weighted by Crippen LogP contribution is 2.10. The molecule has 1 aliphatic rings. The zero-order valence-corrected chi connectivity index (χ0v) is 10.7. The van der Waals surface area contributed by atoms with E-state index in [4.69, 9.17) is 4.74 Å². The highest BCUT2D eigenvalue weighted by Gasteiger charge is 2.17. The van der Waals surface area contributed by atoms with E-state index < -0.39 is 5.97 Å². The largest absolute Gasteiger partial charge is 0.464 e. The first-order valence-electron chi connectivity index (χ1n) is 6.06. The van der Waals surface area contributed by atoms with Gasteiger partial charge in [-0.25, -0.2) is 9.48 Å². The Morgan fingerprint density at radius 2 is 2.47 bits per heavy atom. The number of hydrogen-bond donors (Lipinski definition) is 1. The molecule has 1 amide bonds. The fourth-order valence-corrected chi connectivity index (χ4v) is 1.81. The minimum atomic E-state index is -0.578. The van der Waals surface area contributed by atoms with Crippen LogP contribution in [0.5, 0.6) is 0 Å². The molecule has 1 aromatic rings. The summed E-state index contributed by atoms with van der Waals surface area (Å²) in [5.74, 6) is -0.775. The predicted octanol–water partition coefficient (Wildman–Crippen LogP) is -0.640. The normalized spacial score (nSPS) is 18.3. The van der Waals surface area contributed by atoms with Gasteiger partial charge in [0.05, 0.1) is 19.4 Å². The number of ether oxygens (including phenoxy) is 2. The minimum Gasteiger partial charge on any atom is -0.464 e.